The molecule has 12 heteroatoms. The number of piperazine rings is 1. The Bertz CT molecular complexity index is 1310. The summed E-state index contributed by atoms with van der Waals surface area (Å²) in [7, 11) is -3.55. The number of anilines is 1. The molecule has 8 nitrogen and oxygen atoms in total. The van der Waals surface area contributed by atoms with Gasteiger partial charge in [-0.25, -0.2) is 13.4 Å². The van der Waals surface area contributed by atoms with Gasteiger partial charge in [-0.1, -0.05) is 29.0 Å². The van der Waals surface area contributed by atoms with Crippen LogP contribution >= 0.6 is 34.3 Å². The van der Waals surface area contributed by atoms with Gasteiger partial charge >= 0.3 is 0 Å². The number of hydrogen-bond acceptors (Lipinski definition) is 8. The lowest BCUT2D eigenvalue weighted by molar-refractivity contribution is -0.137. The minimum atomic E-state index is -3.55. The third-order valence-corrected chi connectivity index (χ3v) is 11.2. The van der Waals surface area contributed by atoms with E-state index in [0.717, 1.165) is 45.5 Å². The van der Waals surface area contributed by atoms with E-state index in [2.05, 4.69) is 11.0 Å². The maximum atomic E-state index is 13.2. The summed E-state index contributed by atoms with van der Waals surface area (Å²) in [6.07, 6.45) is 1.07. The van der Waals surface area contributed by atoms with Crippen LogP contribution in [0.3, 0.4) is 0 Å². The Kier molecular flexibility index (Phi) is 7.23. The summed E-state index contributed by atoms with van der Waals surface area (Å²) in [4.78, 5) is 22.1. The normalized spacial score (nSPS) is 18.3. The summed E-state index contributed by atoms with van der Waals surface area (Å²) in [6.45, 7) is 5.98. The van der Waals surface area contributed by atoms with Gasteiger partial charge in [0, 0.05) is 45.2 Å². The van der Waals surface area contributed by atoms with Crippen molar-refractivity contribution in [1.82, 2.24) is 14.2 Å². The van der Waals surface area contributed by atoms with Crippen LogP contribution in [0.1, 0.15) is 19.8 Å². The van der Waals surface area contributed by atoms with E-state index in [1.807, 2.05) is 24.0 Å². The SMILES string of the molecule is CCOc1cccc2sc(N3CCN(C(=O)C4CCN(S(=O)(=O)c5ccc(Cl)s5)CC4)CC3)nc12. The average Bonchev–Trinajstić information content (AvgIpc) is 3.51. The van der Waals surface area contributed by atoms with Crippen molar-refractivity contribution in [2.24, 2.45) is 5.92 Å². The first-order valence-corrected chi connectivity index (χ1v) is 15.1. The number of nitrogens with zero attached hydrogens (tertiary/aromatic N) is 4. The fourth-order valence-electron chi connectivity index (χ4n) is 4.60. The van der Waals surface area contributed by atoms with Crippen molar-refractivity contribution < 1.29 is 17.9 Å². The van der Waals surface area contributed by atoms with Crippen LogP contribution in [-0.4, -0.2) is 74.4 Å². The van der Waals surface area contributed by atoms with E-state index in [-0.39, 0.29) is 16.0 Å². The number of thiophene rings is 1. The van der Waals surface area contributed by atoms with Gasteiger partial charge in [0.2, 0.25) is 5.91 Å². The summed E-state index contributed by atoms with van der Waals surface area (Å²) < 4.78 is 34.7. The maximum absolute atomic E-state index is 13.2. The monoisotopic (exact) mass is 554 g/mol. The zero-order chi connectivity index (χ0) is 24.6. The Balaban J connectivity index is 1.17. The molecule has 2 aromatic heterocycles. The Hall–Kier alpha value is -1.92. The molecule has 2 aliphatic rings. The van der Waals surface area contributed by atoms with Crippen LogP contribution in [0.25, 0.3) is 10.2 Å². The first-order valence-electron chi connectivity index (χ1n) is 11.7. The molecular formula is C23H27ClN4O4S3. The number of carbonyl (C=O) groups excluding carboxylic acids is 1. The zero-order valence-electron chi connectivity index (χ0n) is 19.4. The lowest BCUT2D eigenvalue weighted by Gasteiger charge is -2.38. The summed E-state index contributed by atoms with van der Waals surface area (Å²) in [5.41, 5.74) is 0.888. The molecule has 0 unspecified atom stereocenters. The van der Waals surface area contributed by atoms with E-state index in [9.17, 15) is 13.2 Å². The fraction of sp³-hybridized carbons (Fsp3) is 0.478. The highest BCUT2D eigenvalue weighted by molar-refractivity contribution is 7.91. The molecule has 0 bridgehead atoms. The number of fused-ring (bicyclic) bond motifs is 1. The molecule has 1 amide bonds. The van der Waals surface area contributed by atoms with E-state index in [1.165, 1.54) is 4.31 Å². The highest BCUT2D eigenvalue weighted by Crippen LogP contribution is 2.35. The molecule has 0 saturated carbocycles. The third-order valence-electron chi connectivity index (χ3n) is 6.48. The van der Waals surface area contributed by atoms with Crippen molar-refractivity contribution in [3.63, 3.8) is 0 Å². The number of hydrogen-bond donors (Lipinski definition) is 0. The predicted octanol–water partition coefficient (Wildman–Crippen LogP) is 4.16. The topological polar surface area (TPSA) is 83.0 Å². The van der Waals surface area contributed by atoms with Crippen molar-refractivity contribution in [2.45, 2.75) is 24.0 Å². The van der Waals surface area contributed by atoms with Crippen molar-refractivity contribution >= 4 is 65.6 Å². The highest BCUT2D eigenvalue weighted by atomic mass is 35.5. The number of piperidine rings is 1. The van der Waals surface area contributed by atoms with Crippen LogP contribution in [0.2, 0.25) is 4.34 Å². The van der Waals surface area contributed by atoms with E-state index in [0.29, 0.717) is 50.0 Å². The van der Waals surface area contributed by atoms with Crippen molar-refractivity contribution in [2.75, 3.05) is 50.8 Å². The second-order valence-corrected chi connectivity index (χ2v) is 13.5. The molecule has 2 fully saturated rings. The standard InChI is InChI=1S/C23H27ClN4O4S3/c1-2-32-17-4-3-5-18-21(17)25-23(33-18)27-14-12-26(13-15-27)22(29)16-8-10-28(11-9-16)35(30,31)20-7-6-19(24)34-20/h3-7,16H,2,8-15H2,1H3. The van der Waals surface area contributed by atoms with Gasteiger partial charge in [0.1, 0.15) is 15.5 Å². The molecule has 0 aliphatic carbocycles. The van der Waals surface area contributed by atoms with Crippen LogP contribution in [0.4, 0.5) is 5.13 Å². The Labute approximate surface area is 218 Å². The van der Waals surface area contributed by atoms with Crippen molar-refractivity contribution in [3.8, 4) is 5.75 Å². The van der Waals surface area contributed by atoms with Crippen molar-refractivity contribution in [3.05, 3.63) is 34.7 Å². The van der Waals surface area contributed by atoms with Gasteiger partial charge in [0.15, 0.2) is 5.13 Å². The van der Waals surface area contributed by atoms with Crippen molar-refractivity contribution in [1.29, 1.82) is 0 Å². The van der Waals surface area contributed by atoms with E-state index in [1.54, 1.807) is 23.5 Å². The quantitative estimate of drug-likeness (QED) is 0.455. The number of amides is 1. The summed E-state index contributed by atoms with van der Waals surface area (Å²) in [6, 6.07) is 9.12. The largest absolute Gasteiger partial charge is 0.492 e. The fourth-order valence-corrected chi connectivity index (χ4v) is 8.74. The number of aromatic nitrogens is 1. The molecule has 0 N–H and O–H groups in total. The van der Waals surface area contributed by atoms with Crippen LogP contribution in [-0.2, 0) is 14.8 Å². The van der Waals surface area contributed by atoms with Gasteiger partial charge < -0.3 is 14.5 Å². The first kappa shape index (κ1) is 24.8. The lowest BCUT2D eigenvalue weighted by atomic mass is 9.96. The number of sulfonamides is 1. The zero-order valence-corrected chi connectivity index (χ0v) is 22.6. The second-order valence-electron chi connectivity index (χ2n) is 8.58. The Morgan fingerprint density at radius 2 is 1.83 bits per heavy atom. The van der Waals surface area contributed by atoms with E-state index >= 15 is 0 Å². The Morgan fingerprint density at radius 3 is 2.49 bits per heavy atom. The smallest absolute Gasteiger partial charge is 0.252 e. The molecule has 188 valence electrons. The summed E-state index contributed by atoms with van der Waals surface area (Å²) >= 11 is 8.63. The number of benzene rings is 1. The number of thiazole rings is 1. The molecule has 0 radical (unpaired) electrons. The number of para-hydroxylation sites is 1. The third kappa shape index (κ3) is 5.01. The van der Waals surface area contributed by atoms with Gasteiger partial charge in [0.25, 0.3) is 10.0 Å². The number of ether oxygens (including phenoxy) is 1. The van der Waals surface area contributed by atoms with E-state index < -0.39 is 10.0 Å². The molecule has 4 heterocycles. The average molecular weight is 555 g/mol. The van der Waals surface area contributed by atoms with E-state index in [4.69, 9.17) is 21.3 Å². The molecule has 2 aliphatic heterocycles. The molecule has 0 atom stereocenters. The second kappa shape index (κ2) is 10.2. The minimum Gasteiger partial charge on any atom is -0.492 e. The van der Waals surface area contributed by atoms with Crippen LogP contribution in [0.5, 0.6) is 5.75 Å². The molecule has 2 saturated heterocycles. The van der Waals surface area contributed by atoms with Gasteiger partial charge in [-0.3, -0.25) is 4.79 Å². The van der Waals surface area contributed by atoms with Gasteiger partial charge in [-0.15, -0.1) is 11.3 Å². The lowest BCUT2D eigenvalue weighted by Crippen LogP contribution is -2.52. The van der Waals surface area contributed by atoms with Gasteiger partial charge in [-0.05, 0) is 44.0 Å². The number of halogens is 1. The Morgan fingerprint density at radius 1 is 1.09 bits per heavy atom. The molecule has 3 aromatic rings. The molecule has 0 spiro atoms. The highest BCUT2D eigenvalue weighted by Gasteiger charge is 2.35. The molecule has 1 aromatic carbocycles. The van der Waals surface area contributed by atoms with Crippen LogP contribution in [0.15, 0.2) is 34.5 Å². The first-order chi connectivity index (χ1) is 16.9. The predicted molar refractivity (Wildman–Crippen MR) is 140 cm³/mol. The molecular weight excluding hydrogens is 528 g/mol. The van der Waals surface area contributed by atoms with Crippen LogP contribution in [0, 0.1) is 5.92 Å². The number of carbonyl (C=O) groups is 1. The summed E-state index contributed by atoms with van der Waals surface area (Å²) in [5.74, 6) is 0.789. The van der Waals surface area contributed by atoms with Gasteiger partial charge in [0.05, 0.1) is 15.6 Å². The minimum absolute atomic E-state index is 0.129. The molecule has 35 heavy (non-hydrogen) atoms. The maximum Gasteiger partial charge on any atom is 0.252 e. The van der Waals surface area contributed by atoms with Gasteiger partial charge in [-0.2, -0.15) is 4.31 Å². The summed E-state index contributed by atoms with van der Waals surface area (Å²) in [5, 5.41) is 0.950. The number of rotatable bonds is 6. The van der Waals surface area contributed by atoms with Crippen LogP contribution < -0.4 is 9.64 Å². The molecule has 5 rings (SSSR count).